The summed E-state index contributed by atoms with van der Waals surface area (Å²) in [6.45, 7) is 5.27. The minimum atomic E-state index is -1.18. The summed E-state index contributed by atoms with van der Waals surface area (Å²) in [6, 6.07) is 9.06. The molecule has 0 saturated carbocycles. The van der Waals surface area contributed by atoms with Crippen molar-refractivity contribution in [1.29, 1.82) is 0 Å². The molecule has 1 aromatic carbocycles. The Kier molecular flexibility index (Phi) is 6.74. The molecule has 1 heterocycles. The van der Waals surface area contributed by atoms with Crippen molar-refractivity contribution in [3.8, 4) is 5.75 Å². The van der Waals surface area contributed by atoms with Crippen LogP contribution in [-0.4, -0.2) is 28.8 Å². The van der Waals surface area contributed by atoms with Crippen LogP contribution in [-0.2, 0) is 22.6 Å². The highest BCUT2D eigenvalue weighted by atomic mass is 35.5. The van der Waals surface area contributed by atoms with Crippen LogP contribution in [0.2, 0.25) is 5.02 Å². The van der Waals surface area contributed by atoms with Crippen LogP contribution >= 0.6 is 11.6 Å². The maximum absolute atomic E-state index is 11.8. The number of hydrogen-bond donors (Lipinski definition) is 2. The first-order valence-electron chi connectivity index (χ1n) is 8.30. The molecule has 1 amide bonds. The Labute approximate surface area is 162 Å². The molecular weight excluding hydrogens is 374 g/mol. The van der Waals surface area contributed by atoms with Crippen molar-refractivity contribution >= 4 is 23.7 Å². The molecule has 0 aliphatic carbocycles. The molecule has 8 heteroatoms. The summed E-state index contributed by atoms with van der Waals surface area (Å²) >= 11 is 5.82. The predicted molar refractivity (Wildman–Crippen MR) is 99.0 cm³/mol. The second-order valence-corrected chi connectivity index (χ2v) is 7.29. The molecule has 0 aliphatic rings. The van der Waals surface area contributed by atoms with Gasteiger partial charge in [-0.15, -0.1) is 0 Å². The molecule has 1 atom stereocenters. The van der Waals surface area contributed by atoms with Gasteiger partial charge in [0.15, 0.2) is 0 Å². The first-order chi connectivity index (χ1) is 12.6. The van der Waals surface area contributed by atoms with Crippen LogP contribution in [0.25, 0.3) is 0 Å². The average Bonchev–Trinajstić information content (AvgIpc) is 2.99. The van der Waals surface area contributed by atoms with Gasteiger partial charge in [0.25, 0.3) is 0 Å². The van der Waals surface area contributed by atoms with Gasteiger partial charge in [-0.3, -0.25) is 0 Å². The molecular formula is C19H22ClNO6. The average molecular weight is 396 g/mol. The van der Waals surface area contributed by atoms with E-state index in [-0.39, 0.29) is 13.0 Å². The molecule has 0 spiro atoms. The summed E-state index contributed by atoms with van der Waals surface area (Å²) in [5.74, 6) is 0.387. The molecule has 2 N–H and O–H groups in total. The minimum Gasteiger partial charge on any atom is -0.486 e. The predicted octanol–water partition coefficient (Wildman–Crippen LogP) is 4.03. The molecule has 0 radical (unpaired) electrons. The second kappa shape index (κ2) is 8.81. The summed E-state index contributed by atoms with van der Waals surface area (Å²) in [5, 5.41) is 12.3. The molecule has 146 valence electrons. The fourth-order valence-corrected chi connectivity index (χ4v) is 2.27. The zero-order valence-electron chi connectivity index (χ0n) is 15.3. The van der Waals surface area contributed by atoms with E-state index in [1.54, 1.807) is 57.2 Å². The number of carboxylic acid groups (broad SMARTS) is 1. The number of ether oxygens (including phenoxy) is 2. The lowest BCUT2D eigenvalue weighted by molar-refractivity contribution is -0.139. The van der Waals surface area contributed by atoms with Crippen molar-refractivity contribution in [2.45, 2.75) is 45.4 Å². The Bertz CT molecular complexity index is 778. The second-order valence-electron chi connectivity index (χ2n) is 6.85. The van der Waals surface area contributed by atoms with Crippen LogP contribution in [0.1, 0.15) is 32.3 Å². The summed E-state index contributed by atoms with van der Waals surface area (Å²) in [4.78, 5) is 23.2. The number of carbonyl (C=O) groups excluding carboxylic acids is 1. The van der Waals surface area contributed by atoms with Crippen molar-refractivity contribution in [3.05, 3.63) is 52.9 Å². The molecule has 0 saturated heterocycles. The van der Waals surface area contributed by atoms with E-state index in [1.165, 1.54) is 0 Å². The number of nitrogens with one attached hydrogen (secondary N) is 1. The Hall–Kier alpha value is -2.67. The highest BCUT2D eigenvalue weighted by Crippen LogP contribution is 2.18. The Morgan fingerprint density at radius 1 is 1.15 bits per heavy atom. The molecule has 0 bridgehead atoms. The van der Waals surface area contributed by atoms with Gasteiger partial charge in [0.2, 0.25) is 0 Å². The quantitative estimate of drug-likeness (QED) is 0.734. The molecule has 27 heavy (non-hydrogen) atoms. The first kappa shape index (κ1) is 20.6. The Morgan fingerprint density at radius 3 is 2.37 bits per heavy atom. The summed E-state index contributed by atoms with van der Waals surface area (Å²) < 4.78 is 16.2. The minimum absolute atomic E-state index is 0.0183. The zero-order valence-corrected chi connectivity index (χ0v) is 16.1. The van der Waals surface area contributed by atoms with Crippen LogP contribution in [0.15, 0.2) is 40.8 Å². The number of carboxylic acids is 1. The van der Waals surface area contributed by atoms with Gasteiger partial charge < -0.3 is 24.3 Å². The number of halogens is 1. The van der Waals surface area contributed by atoms with Gasteiger partial charge in [0, 0.05) is 11.4 Å². The largest absolute Gasteiger partial charge is 0.486 e. The summed E-state index contributed by atoms with van der Waals surface area (Å²) in [7, 11) is 0. The van der Waals surface area contributed by atoms with Crippen molar-refractivity contribution in [1.82, 2.24) is 5.32 Å². The van der Waals surface area contributed by atoms with Crippen molar-refractivity contribution < 1.29 is 28.6 Å². The smallest absolute Gasteiger partial charge is 0.408 e. The Balaban J connectivity index is 1.92. The van der Waals surface area contributed by atoms with Gasteiger partial charge in [-0.2, -0.15) is 0 Å². The number of amides is 1. The van der Waals surface area contributed by atoms with E-state index in [9.17, 15) is 14.7 Å². The van der Waals surface area contributed by atoms with Gasteiger partial charge in [-0.25, -0.2) is 9.59 Å². The van der Waals surface area contributed by atoms with Gasteiger partial charge in [0.1, 0.15) is 35.5 Å². The van der Waals surface area contributed by atoms with E-state index in [0.29, 0.717) is 22.3 Å². The number of benzene rings is 1. The van der Waals surface area contributed by atoms with E-state index >= 15 is 0 Å². The maximum atomic E-state index is 11.8. The third-order valence-corrected chi connectivity index (χ3v) is 3.56. The number of carbonyl (C=O) groups is 2. The fourth-order valence-electron chi connectivity index (χ4n) is 2.15. The van der Waals surface area contributed by atoms with Crippen LogP contribution in [0.3, 0.4) is 0 Å². The summed E-state index contributed by atoms with van der Waals surface area (Å²) in [5.41, 5.74) is -0.718. The van der Waals surface area contributed by atoms with E-state index < -0.39 is 23.7 Å². The van der Waals surface area contributed by atoms with E-state index in [1.807, 2.05) is 0 Å². The van der Waals surface area contributed by atoms with Gasteiger partial charge in [-0.1, -0.05) is 11.6 Å². The van der Waals surface area contributed by atoms with E-state index in [2.05, 4.69) is 5.32 Å². The molecule has 2 aromatic rings. The highest BCUT2D eigenvalue weighted by molar-refractivity contribution is 6.30. The van der Waals surface area contributed by atoms with E-state index in [0.717, 1.165) is 0 Å². The topological polar surface area (TPSA) is 98.0 Å². The van der Waals surface area contributed by atoms with Crippen LogP contribution < -0.4 is 10.1 Å². The summed E-state index contributed by atoms with van der Waals surface area (Å²) in [6.07, 6.45) is -0.817. The third-order valence-electron chi connectivity index (χ3n) is 3.31. The number of hydrogen-bond acceptors (Lipinski definition) is 5. The normalized spacial score (nSPS) is 12.3. The molecule has 0 fully saturated rings. The van der Waals surface area contributed by atoms with Gasteiger partial charge in [0.05, 0.1) is 0 Å². The van der Waals surface area contributed by atoms with Gasteiger partial charge >= 0.3 is 12.1 Å². The molecule has 1 unspecified atom stereocenters. The lowest BCUT2D eigenvalue weighted by atomic mass is 10.1. The first-order valence-corrected chi connectivity index (χ1v) is 8.68. The molecule has 0 aliphatic heterocycles. The fraction of sp³-hybridized carbons (Fsp3) is 0.368. The molecule has 7 nitrogen and oxygen atoms in total. The van der Waals surface area contributed by atoms with Crippen LogP contribution in [0.4, 0.5) is 4.79 Å². The number of aliphatic carboxylic acids is 1. The number of rotatable bonds is 7. The Morgan fingerprint density at radius 2 is 1.78 bits per heavy atom. The highest BCUT2D eigenvalue weighted by Gasteiger charge is 2.25. The molecule has 2 rings (SSSR count). The maximum Gasteiger partial charge on any atom is 0.408 e. The van der Waals surface area contributed by atoms with Crippen LogP contribution in [0, 0.1) is 0 Å². The number of alkyl carbamates (subject to hydrolysis) is 1. The van der Waals surface area contributed by atoms with E-state index in [4.69, 9.17) is 25.5 Å². The lowest BCUT2D eigenvalue weighted by Gasteiger charge is -2.21. The standard InChI is InChI=1S/C19H22ClNO6/c1-19(2,3)27-18(24)21-16(17(22)23)10-14-8-9-15(26-14)11-25-13-6-4-12(20)5-7-13/h4-9,16H,10-11H2,1-3H3,(H,21,24)(H,22,23). The van der Waals surface area contributed by atoms with Crippen LogP contribution in [0.5, 0.6) is 5.75 Å². The monoisotopic (exact) mass is 395 g/mol. The number of furan rings is 1. The lowest BCUT2D eigenvalue weighted by Crippen LogP contribution is -2.44. The van der Waals surface area contributed by atoms with Crippen molar-refractivity contribution in [3.63, 3.8) is 0 Å². The van der Waals surface area contributed by atoms with Gasteiger partial charge in [-0.05, 0) is 57.2 Å². The van der Waals surface area contributed by atoms with Crippen molar-refractivity contribution in [2.75, 3.05) is 0 Å². The molecule has 1 aromatic heterocycles. The SMILES string of the molecule is CC(C)(C)OC(=O)NC(Cc1ccc(COc2ccc(Cl)cc2)o1)C(=O)O. The zero-order chi connectivity index (χ0) is 20.0. The van der Waals surface area contributed by atoms with Crippen molar-refractivity contribution in [2.24, 2.45) is 0 Å². The third kappa shape index (κ3) is 7.22.